The van der Waals surface area contributed by atoms with Gasteiger partial charge in [-0.3, -0.25) is 4.90 Å². The van der Waals surface area contributed by atoms with Crippen molar-refractivity contribution in [1.29, 1.82) is 0 Å². The fourth-order valence-corrected chi connectivity index (χ4v) is 2.48. The van der Waals surface area contributed by atoms with Gasteiger partial charge in [0, 0.05) is 18.6 Å². The number of nitrogens with zero attached hydrogens (tertiary/aromatic N) is 1. The zero-order valence-electron chi connectivity index (χ0n) is 11.1. The summed E-state index contributed by atoms with van der Waals surface area (Å²) in [6, 6.07) is 0. The van der Waals surface area contributed by atoms with E-state index in [9.17, 15) is 0 Å². The van der Waals surface area contributed by atoms with Crippen LogP contribution in [-0.4, -0.2) is 36.7 Å². The normalized spacial score (nSPS) is 20.6. The van der Waals surface area contributed by atoms with Gasteiger partial charge in [0.05, 0.1) is 13.2 Å². The van der Waals surface area contributed by atoms with Crippen molar-refractivity contribution in [2.75, 3.05) is 26.3 Å². The first-order valence-corrected chi connectivity index (χ1v) is 6.24. The molecule has 0 aromatic rings. The third-order valence-electron chi connectivity index (χ3n) is 4.33. The Morgan fingerprint density at radius 2 is 1.60 bits per heavy atom. The Labute approximate surface area is 95.0 Å². The molecule has 2 heteroatoms. The maximum atomic E-state index is 5.43. The molecule has 0 aliphatic carbocycles. The van der Waals surface area contributed by atoms with Crippen molar-refractivity contribution in [1.82, 2.24) is 4.90 Å². The van der Waals surface area contributed by atoms with E-state index in [1.165, 1.54) is 12.8 Å². The van der Waals surface area contributed by atoms with Crippen molar-refractivity contribution < 1.29 is 4.74 Å². The number of rotatable bonds is 4. The predicted octanol–water partition coefficient (Wildman–Crippen LogP) is 2.92. The van der Waals surface area contributed by atoms with Gasteiger partial charge in [0.15, 0.2) is 0 Å². The van der Waals surface area contributed by atoms with Gasteiger partial charge in [0.1, 0.15) is 0 Å². The topological polar surface area (TPSA) is 12.5 Å². The Bertz CT molecular complexity index is 193. The van der Waals surface area contributed by atoms with Crippen LogP contribution in [0.2, 0.25) is 0 Å². The van der Waals surface area contributed by atoms with Crippen molar-refractivity contribution in [2.24, 2.45) is 5.41 Å². The lowest BCUT2D eigenvalue weighted by molar-refractivity contribution is -0.0586. The molecule has 90 valence electrons. The summed E-state index contributed by atoms with van der Waals surface area (Å²) >= 11 is 0. The first kappa shape index (κ1) is 13.0. The van der Waals surface area contributed by atoms with E-state index in [4.69, 9.17) is 4.74 Å². The van der Waals surface area contributed by atoms with Crippen LogP contribution in [0.4, 0.5) is 0 Å². The number of hydrogen-bond donors (Lipinski definition) is 0. The second kappa shape index (κ2) is 4.84. The summed E-state index contributed by atoms with van der Waals surface area (Å²) in [5.74, 6) is 0. The molecule has 0 saturated carbocycles. The number of morpholine rings is 1. The van der Waals surface area contributed by atoms with E-state index in [0.29, 0.717) is 5.41 Å². The van der Waals surface area contributed by atoms with Gasteiger partial charge in [-0.1, -0.05) is 27.2 Å². The van der Waals surface area contributed by atoms with Gasteiger partial charge in [-0.15, -0.1) is 0 Å². The molecule has 1 aliphatic rings. The summed E-state index contributed by atoms with van der Waals surface area (Å²) in [4.78, 5) is 2.59. The molecule has 1 saturated heterocycles. The minimum absolute atomic E-state index is 0.271. The molecule has 0 atom stereocenters. The quantitative estimate of drug-likeness (QED) is 0.712. The molecule has 1 heterocycles. The Morgan fingerprint density at radius 1 is 1.07 bits per heavy atom. The summed E-state index contributed by atoms with van der Waals surface area (Å²) in [6.45, 7) is 15.8. The average Bonchev–Trinajstić information content (AvgIpc) is 2.19. The predicted molar refractivity (Wildman–Crippen MR) is 65.2 cm³/mol. The lowest BCUT2D eigenvalue weighted by Crippen LogP contribution is -2.57. The van der Waals surface area contributed by atoms with Crippen LogP contribution in [-0.2, 0) is 4.74 Å². The molecule has 0 aromatic carbocycles. The highest BCUT2D eigenvalue weighted by Gasteiger charge is 2.41. The van der Waals surface area contributed by atoms with Gasteiger partial charge in [0.2, 0.25) is 0 Å². The molecule has 0 radical (unpaired) electrons. The van der Waals surface area contributed by atoms with Gasteiger partial charge >= 0.3 is 0 Å². The minimum atomic E-state index is 0.271. The highest BCUT2D eigenvalue weighted by Crippen LogP contribution is 2.39. The molecule has 2 nitrogen and oxygen atoms in total. The zero-order valence-corrected chi connectivity index (χ0v) is 11.1. The fraction of sp³-hybridized carbons (Fsp3) is 1.00. The Kier molecular flexibility index (Phi) is 4.19. The van der Waals surface area contributed by atoms with Gasteiger partial charge < -0.3 is 4.74 Å². The van der Waals surface area contributed by atoms with Crippen LogP contribution in [0.3, 0.4) is 0 Å². The summed E-state index contributed by atoms with van der Waals surface area (Å²) in [7, 11) is 0. The standard InChI is InChI=1S/C13H27NO/c1-6-7-12(2,3)13(4,5)14-8-10-15-11-9-14/h6-11H2,1-5H3. The van der Waals surface area contributed by atoms with E-state index in [1.807, 2.05) is 0 Å². The number of ether oxygens (including phenoxy) is 1. The zero-order chi connectivity index (χ0) is 11.5. The first-order chi connectivity index (χ1) is 6.92. The lowest BCUT2D eigenvalue weighted by Gasteiger charge is -2.51. The molecule has 0 unspecified atom stereocenters. The van der Waals surface area contributed by atoms with Crippen molar-refractivity contribution >= 4 is 0 Å². The van der Waals surface area contributed by atoms with Gasteiger partial charge in [-0.25, -0.2) is 0 Å². The Balaban J connectivity index is 2.70. The van der Waals surface area contributed by atoms with E-state index >= 15 is 0 Å². The molecule has 0 spiro atoms. The number of hydrogen-bond acceptors (Lipinski definition) is 2. The maximum Gasteiger partial charge on any atom is 0.0594 e. The largest absolute Gasteiger partial charge is 0.379 e. The van der Waals surface area contributed by atoms with E-state index in [0.717, 1.165) is 26.3 Å². The fourth-order valence-electron chi connectivity index (χ4n) is 2.48. The average molecular weight is 213 g/mol. The van der Waals surface area contributed by atoms with Crippen LogP contribution in [0, 0.1) is 5.41 Å². The molecule has 1 fully saturated rings. The second-order valence-corrected chi connectivity index (χ2v) is 5.79. The molecule has 0 aromatic heterocycles. The Hall–Kier alpha value is -0.0800. The second-order valence-electron chi connectivity index (χ2n) is 5.79. The molecule has 0 bridgehead atoms. The summed E-state index contributed by atoms with van der Waals surface area (Å²) in [5, 5.41) is 0. The highest BCUT2D eigenvalue weighted by molar-refractivity contribution is 4.95. The third kappa shape index (κ3) is 2.73. The van der Waals surface area contributed by atoms with Crippen molar-refractivity contribution in [3.8, 4) is 0 Å². The summed E-state index contributed by atoms with van der Waals surface area (Å²) in [5.41, 5.74) is 0.645. The van der Waals surface area contributed by atoms with Gasteiger partial charge in [0.25, 0.3) is 0 Å². The van der Waals surface area contributed by atoms with E-state index in [1.54, 1.807) is 0 Å². The third-order valence-corrected chi connectivity index (χ3v) is 4.33. The van der Waals surface area contributed by atoms with Crippen LogP contribution in [0.25, 0.3) is 0 Å². The SMILES string of the molecule is CCCC(C)(C)C(C)(C)N1CCOCC1. The molecule has 1 rings (SSSR count). The summed E-state index contributed by atoms with van der Waals surface area (Å²) < 4.78 is 5.43. The van der Waals surface area contributed by atoms with Crippen LogP contribution < -0.4 is 0 Å². The first-order valence-electron chi connectivity index (χ1n) is 6.24. The van der Waals surface area contributed by atoms with E-state index in [-0.39, 0.29) is 5.54 Å². The highest BCUT2D eigenvalue weighted by atomic mass is 16.5. The van der Waals surface area contributed by atoms with Crippen LogP contribution in [0.15, 0.2) is 0 Å². The molecular weight excluding hydrogens is 186 g/mol. The molecule has 1 aliphatic heterocycles. The van der Waals surface area contributed by atoms with Crippen molar-refractivity contribution in [3.63, 3.8) is 0 Å². The smallest absolute Gasteiger partial charge is 0.0594 e. The van der Waals surface area contributed by atoms with Crippen LogP contribution >= 0.6 is 0 Å². The van der Waals surface area contributed by atoms with Crippen molar-refractivity contribution in [2.45, 2.75) is 53.0 Å². The molecular formula is C13H27NO. The van der Waals surface area contributed by atoms with Gasteiger partial charge in [-0.2, -0.15) is 0 Å². The Morgan fingerprint density at radius 3 is 2.07 bits per heavy atom. The van der Waals surface area contributed by atoms with Gasteiger partial charge in [-0.05, 0) is 25.7 Å². The summed E-state index contributed by atoms with van der Waals surface area (Å²) in [6.07, 6.45) is 2.55. The molecule has 15 heavy (non-hydrogen) atoms. The monoisotopic (exact) mass is 213 g/mol. The maximum absolute atomic E-state index is 5.43. The van der Waals surface area contributed by atoms with E-state index < -0.39 is 0 Å². The van der Waals surface area contributed by atoms with Crippen LogP contribution in [0.1, 0.15) is 47.5 Å². The van der Waals surface area contributed by atoms with E-state index in [2.05, 4.69) is 39.5 Å². The molecule has 0 N–H and O–H groups in total. The van der Waals surface area contributed by atoms with Crippen LogP contribution in [0.5, 0.6) is 0 Å². The molecule has 0 amide bonds. The minimum Gasteiger partial charge on any atom is -0.379 e. The lowest BCUT2D eigenvalue weighted by atomic mass is 9.70. The van der Waals surface area contributed by atoms with Crippen molar-refractivity contribution in [3.05, 3.63) is 0 Å².